The number of aliphatic hydroxyl groups excluding tert-OH is 2. The van der Waals surface area contributed by atoms with Crippen LogP contribution >= 0.6 is 15.6 Å². The molecule has 0 saturated carbocycles. The summed E-state index contributed by atoms with van der Waals surface area (Å²) in [6, 6.07) is -1.61. The molecule has 358 valence electrons. The Bertz CT molecular complexity index is 2410. The molecular weight excluding hydrogens is 916 g/mol. The average Bonchev–Trinajstić information content (AvgIpc) is 3.79. The molecule has 3 aromatic heterocycles. The van der Waals surface area contributed by atoms with Crippen molar-refractivity contribution < 1.29 is 80.2 Å². The number of aromatic nitrogens is 6. The van der Waals surface area contributed by atoms with Crippen molar-refractivity contribution in [2.45, 2.75) is 86.9 Å². The first kappa shape index (κ1) is 49.4. The SMILES string of the molecule is C=CCCC(=O)N(C)[C@@H](CCN1CCCC(F)(F)C1)C(=O)O[C@@H]1/C(=C\OP(=O)(O)O[C@@H]2[C@@H](COP(=O)(O)O)OCC(n3ccc(N)nc3=O)[C@@H]2O)O[C@@H](n2cnc3c(N)ncnc32)[C@@H]1O. The number of aliphatic hydroxyl groups is 2. The molecule has 1 amide bonds. The molecule has 3 aliphatic rings. The first-order valence-corrected chi connectivity index (χ1v) is 22.8. The van der Waals surface area contributed by atoms with Crippen LogP contribution in [0.15, 0.2) is 54.4 Å². The van der Waals surface area contributed by atoms with Crippen LogP contribution < -0.4 is 17.2 Å². The van der Waals surface area contributed by atoms with E-state index in [2.05, 4.69) is 31.0 Å². The Morgan fingerprint density at radius 3 is 2.60 bits per heavy atom. The summed E-state index contributed by atoms with van der Waals surface area (Å²) < 4.78 is 88.1. The topological polar surface area (TPSA) is 362 Å². The van der Waals surface area contributed by atoms with Gasteiger partial charge in [-0.2, -0.15) is 4.98 Å². The quantitative estimate of drug-likeness (QED) is 0.0373. The molecule has 3 saturated heterocycles. The lowest BCUT2D eigenvalue weighted by Crippen LogP contribution is -2.54. The second kappa shape index (κ2) is 20.3. The van der Waals surface area contributed by atoms with E-state index in [1.807, 2.05) is 0 Å². The number of carbonyl (C=O) groups is 2. The van der Waals surface area contributed by atoms with E-state index in [4.69, 9.17) is 34.7 Å². The van der Waals surface area contributed by atoms with Crippen molar-refractivity contribution in [3.05, 3.63) is 60.1 Å². The van der Waals surface area contributed by atoms with Gasteiger partial charge in [0.05, 0.1) is 25.8 Å². The summed E-state index contributed by atoms with van der Waals surface area (Å²) in [5, 5.41) is 23.1. The fourth-order valence-corrected chi connectivity index (χ4v) is 8.60. The Hall–Kier alpha value is -4.99. The number of halogens is 2. The number of allylic oxidation sites excluding steroid dienone is 1. The molecule has 6 heterocycles. The summed E-state index contributed by atoms with van der Waals surface area (Å²) in [7, 11) is -9.45. The maximum Gasteiger partial charge on any atom is 0.527 e. The van der Waals surface area contributed by atoms with Gasteiger partial charge in [0.2, 0.25) is 12.1 Å². The molecule has 0 radical (unpaired) electrons. The van der Waals surface area contributed by atoms with E-state index in [1.165, 1.54) is 28.7 Å². The molecule has 2 unspecified atom stereocenters. The molecule has 3 aliphatic heterocycles. The van der Waals surface area contributed by atoms with Gasteiger partial charge in [-0.15, -0.1) is 6.58 Å². The van der Waals surface area contributed by atoms with Crippen LogP contribution in [0, 0.1) is 0 Å². The standard InChI is InChI=1S/C35H48F2N10O16P2/c1-3-4-6-24(48)44(2)19(7-11-45-10-5-9-35(36,37)16-45)33(51)62-28-22(61-32(27(28)50)47-18-42-25-30(39)40-17-41-31(25)47)15-60-65(56,57)63-29-21(14-59-64(53,54)55)58-13-20(26(29)49)46-12-8-23(38)43-34(46)52/h3,8,12,15,17-21,26-29,32,49-50H,1,4-7,9-11,13-14,16H2,2H3,(H,56,57)(H2,38,43,52)(H2,39,40,41)(H2,53,54,55)/b22-15+/t19-,20?,21+,26-,27+,28+,29+,32+/m0/s1. The van der Waals surface area contributed by atoms with E-state index in [9.17, 15) is 57.2 Å². The Labute approximate surface area is 367 Å². The Balaban J connectivity index is 1.30. The van der Waals surface area contributed by atoms with Crippen LogP contribution in [-0.2, 0) is 46.5 Å². The minimum Gasteiger partial charge on any atom is -0.464 e. The predicted molar refractivity (Wildman–Crippen MR) is 217 cm³/mol. The highest BCUT2D eigenvalue weighted by molar-refractivity contribution is 7.47. The highest BCUT2D eigenvalue weighted by Crippen LogP contribution is 2.49. The molecular formula is C35H48F2N10O16P2. The zero-order chi connectivity index (χ0) is 47.4. The minimum atomic E-state index is -5.57. The van der Waals surface area contributed by atoms with Gasteiger partial charge in [-0.1, -0.05) is 6.08 Å². The van der Waals surface area contributed by atoms with Crippen LogP contribution in [0.1, 0.15) is 44.4 Å². The molecule has 30 heteroatoms. The predicted octanol–water partition coefficient (Wildman–Crippen LogP) is -0.283. The first-order valence-electron chi connectivity index (χ1n) is 19.8. The third-order valence-corrected chi connectivity index (χ3v) is 12.0. The van der Waals surface area contributed by atoms with Gasteiger partial charge in [0, 0.05) is 32.6 Å². The number of piperidine rings is 1. The molecule has 3 fully saturated rings. The van der Waals surface area contributed by atoms with E-state index in [-0.39, 0.29) is 61.4 Å². The molecule has 9 N–H and O–H groups in total. The number of imidazole rings is 1. The normalized spacial score (nSPS) is 26.8. The minimum absolute atomic E-state index is 0.0218. The zero-order valence-corrected chi connectivity index (χ0v) is 36.3. The number of anilines is 2. The lowest BCUT2D eigenvalue weighted by atomic mass is 9.98. The number of likely N-dealkylation sites (N-methyl/N-ethyl adjacent to an activating group) is 1. The number of esters is 1. The third kappa shape index (κ3) is 12.1. The van der Waals surface area contributed by atoms with E-state index in [1.54, 1.807) is 0 Å². The Morgan fingerprint density at radius 1 is 1.15 bits per heavy atom. The van der Waals surface area contributed by atoms with E-state index < -0.39 is 113 Å². The van der Waals surface area contributed by atoms with Crippen molar-refractivity contribution in [3.8, 4) is 0 Å². The van der Waals surface area contributed by atoms with Gasteiger partial charge in [0.15, 0.2) is 29.4 Å². The Kier molecular flexibility index (Phi) is 15.4. The number of ether oxygens (including phenoxy) is 3. The van der Waals surface area contributed by atoms with Crippen LogP contribution in [0.4, 0.5) is 20.4 Å². The van der Waals surface area contributed by atoms with E-state index >= 15 is 0 Å². The highest BCUT2D eigenvalue weighted by atomic mass is 31.2. The molecule has 65 heavy (non-hydrogen) atoms. The number of hydrogen-bond acceptors (Lipinski definition) is 20. The lowest BCUT2D eigenvalue weighted by molar-refractivity contribution is -0.164. The van der Waals surface area contributed by atoms with Gasteiger partial charge >= 0.3 is 27.3 Å². The number of rotatable bonds is 18. The largest absolute Gasteiger partial charge is 0.527 e. The van der Waals surface area contributed by atoms with Crippen molar-refractivity contribution in [1.29, 1.82) is 0 Å². The summed E-state index contributed by atoms with van der Waals surface area (Å²) in [4.78, 5) is 87.9. The first-order chi connectivity index (χ1) is 30.6. The number of nitrogen functional groups attached to an aromatic ring is 2. The van der Waals surface area contributed by atoms with Gasteiger partial charge in [-0.3, -0.25) is 32.8 Å². The lowest BCUT2D eigenvalue weighted by Gasteiger charge is -2.40. The van der Waals surface area contributed by atoms with Gasteiger partial charge in [0.1, 0.15) is 54.6 Å². The molecule has 0 bridgehead atoms. The molecule has 3 aromatic rings. The Morgan fingerprint density at radius 2 is 1.91 bits per heavy atom. The number of phosphoric acid groups is 2. The van der Waals surface area contributed by atoms with E-state index in [0.717, 1.165) is 28.3 Å². The number of alkyl halides is 2. The van der Waals surface area contributed by atoms with Gasteiger partial charge in [0.25, 0.3) is 5.92 Å². The van der Waals surface area contributed by atoms with Crippen LogP contribution in [0.5, 0.6) is 0 Å². The van der Waals surface area contributed by atoms with Crippen molar-refractivity contribution in [2.24, 2.45) is 0 Å². The number of amides is 1. The maximum absolute atomic E-state index is 14.3. The van der Waals surface area contributed by atoms with Crippen LogP contribution in [0.2, 0.25) is 0 Å². The average molecular weight is 965 g/mol. The van der Waals surface area contributed by atoms with Crippen molar-refractivity contribution >= 4 is 50.3 Å². The summed E-state index contributed by atoms with van der Waals surface area (Å²) >= 11 is 0. The summed E-state index contributed by atoms with van der Waals surface area (Å²) in [6.45, 7) is 1.70. The second-order valence-electron chi connectivity index (χ2n) is 15.2. The molecule has 0 aromatic carbocycles. The summed E-state index contributed by atoms with van der Waals surface area (Å²) in [5.74, 6) is -5.53. The van der Waals surface area contributed by atoms with Crippen LogP contribution in [0.3, 0.4) is 0 Å². The molecule has 26 nitrogen and oxygen atoms in total. The maximum atomic E-state index is 14.3. The fraction of sp³-hybridized carbons (Fsp3) is 0.571. The molecule has 0 aliphatic carbocycles. The number of fused-ring (bicyclic) bond motifs is 1. The van der Waals surface area contributed by atoms with Crippen molar-refractivity contribution in [2.75, 3.05) is 51.4 Å². The summed E-state index contributed by atoms with van der Waals surface area (Å²) in [6.07, 6.45) is -5.95. The number of nitrogens with zero attached hydrogens (tertiary/aromatic N) is 8. The molecule has 6 rings (SSSR count). The monoisotopic (exact) mass is 964 g/mol. The zero-order valence-electron chi connectivity index (χ0n) is 34.5. The van der Waals surface area contributed by atoms with Crippen molar-refractivity contribution in [3.63, 3.8) is 0 Å². The van der Waals surface area contributed by atoms with Crippen LogP contribution in [0.25, 0.3) is 11.2 Å². The van der Waals surface area contributed by atoms with Crippen LogP contribution in [-0.4, -0.2) is 158 Å². The van der Waals surface area contributed by atoms with Gasteiger partial charge < -0.3 is 55.1 Å². The number of phosphoric ester groups is 2. The van der Waals surface area contributed by atoms with Crippen molar-refractivity contribution in [1.82, 2.24) is 38.9 Å². The molecule has 9 atom stereocenters. The number of likely N-dealkylation sites (tertiary alicyclic amines) is 1. The summed E-state index contributed by atoms with van der Waals surface area (Å²) in [5.41, 5.74) is 10.6. The van der Waals surface area contributed by atoms with Gasteiger partial charge in [-0.25, -0.2) is 42.5 Å². The number of carbonyl (C=O) groups excluding carboxylic acids is 2. The number of nitrogens with two attached hydrogens (primary N) is 2. The molecule has 0 spiro atoms. The van der Waals surface area contributed by atoms with E-state index in [0.29, 0.717) is 12.8 Å². The smallest absolute Gasteiger partial charge is 0.464 e. The highest BCUT2D eigenvalue weighted by Gasteiger charge is 2.49. The fourth-order valence-electron chi connectivity index (χ4n) is 7.40. The van der Waals surface area contributed by atoms with Gasteiger partial charge in [-0.05, 0) is 31.9 Å². The third-order valence-electron chi connectivity index (χ3n) is 10.7. The second-order valence-corrected chi connectivity index (χ2v) is 17.8. The number of hydrogen-bond donors (Lipinski definition) is 7.